The number of amides is 3. The molecule has 2 aliphatic carbocycles. The Morgan fingerprint density at radius 1 is 1.08 bits per heavy atom. The van der Waals surface area contributed by atoms with E-state index in [9.17, 15) is 14.4 Å². The Kier molecular flexibility index (Phi) is 9.11. The molecular formula is C29H44N4O4. The van der Waals surface area contributed by atoms with Crippen molar-refractivity contribution >= 4 is 17.7 Å². The van der Waals surface area contributed by atoms with Gasteiger partial charge in [0.2, 0.25) is 11.8 Å². The van der Waals surface area contributed by atoms with Crippen molar-refractivity contribution in [3.05, 3.63) is 29.8 Å². The minimum Gasteiger partial charge on any atom is -0.497 e. The van der Waals surface area contributed by atoms with Crippen molar-refractivity contribution in [3.8, 4) is 5.75 Å². The zero-order valence-electron chi connectivity index (χ0n) is 22.7. The number of ether oxygens (including phenoxy) is 1. The highest BCUT2D eigenvalue weighted by atomic mass is 16.5. The lowest BCUT2D eigenvalue weighted by atomic mass is 9.81. The maximum atomic E-state index is 13.6. The summed E-state index contributed by atoms with van der Waals surface area (Å²) in [5, 5.41) is 3.17. The van der Waals surface area contributed by atoms with E-state index < -0.39 is 6.04 Å². The molecule has 0 bridgehead atoms. The summed E-state index contributed by atoms with van der Waals surface area (Å²) in [6, 6.07) is 6.39. The van der Waals surface area contributed by atoms with E-state index in [2.05, 4.69) is 19.2 Å². The number of benzene rings is 1. The summed E-state index contributed by atoms with van der Waals surface area (Å²) in [6.07, 6.45) is 6.71. The van der Waals surface area contributed by atoms with Crippen molar-refractivity contribution in [2.24, 2.45) is 29.4 Å². The van der Waals surface area contributed by atoms with Gasteiger partial charge in [-0.2, -0.15) is 0 Å². The Morgan fingerprint density at radius 3 is 2.41 bits per heavy atom. The van der Waals surface area contributed by atoms with Crippen molar-refractivity contribution in [1.29, 1.82) is 0 Å². The molecule has 0 aromatic heterocycles. The van der Waals surface area contributed by atoms with Crippen LogP contribution >= 0.6 is 0 Å². The Labute approximate surface area is 221 Å². The minimum atomic E-state index is -0.537. The molecule has 4 rings (SSSR count). The number of carbonyl (C=O) groups is 3. The first-order valence-electron chi connectivity index (χ1n) is 14.0. The first-order valence-corrected chi connectivity index (χ1v) is 14.0. The molecule has 0 radical (unpaired) electrons. The molecule has 4 atom stereocenters. The molecule has 3 N–H and O–H groups in total. The van der Waals surface area contributed by atoms with Crippen LogP contribution in [0.3, 0.4) is 0 Å². The van der Waals surface area contributed by atoms with Gasteiger partial charge in [0.15, 0.2) is 0 Å². The lowest BCUT2D eigenvalue weighted by Crippen LogP contribution is -2.48. The molecule has 3 amide bonds. The largest absolute Gasteiger partial charge is 0.497 e. The zero-order valence-corrected chi connectivity index (χ0v) is 22.7. The van der Waals surface area contributed by atoms with Gasteiger partial charge in [0.05, 0.1) is 13.2 Å². The van der Waals surface area contributed by atoms with Gasteiger partial charge < -0.3 is 25.6 Å². The van der Waals surface area contributed by atoms with Crippen molar-refractivity contribution in [3.63, 3.8) is 0 Å². The van der Waals surface area contributed by atoms with E-state index in [0.717, 1.165) is 32.1 Å². The van der Waals surface area contributed by atoms with Gasteiger partial charge in [-0.25, -0.2) is 0 Å². The molecule has 1 aliphatic heterocycles. The van der Waals surface area contributed by atoms with Gasteiger partial charge in [0.1, 0.15) is 11.8 Å². The molecule has 8 nitrogen and oxygen atoms in total. The van der Waals surface area contributed by atoms with Gasteiger partial charge in [0, 0.05) is 31.1 Å². The molecule has 3 fully saturated rings. The van der Waals surface area contributed by atoms with Crippen LogP contribution in [0.15, 0.2) is 24.3 Å². The van der Waals surface area contributed by atoms with E-state index in [1.165, 1.54) is 6.42 Å². The maximum absolute atomic E-state index is 13.6. The summed E-state index contributed by atoms with van der Waals surface area (Å²) in [5.41, 5.74) is 6.48. The highest BCUT2D eigenvalue weighted by Gasteiger charge is 2.46. The number of methoxy groups -OCH3 is 1. The third-order valence-electron chi connectivity index (χ3n) is 8.18. The van der Waals surface area contributed by atoms with Crippen LogP contribution in [0.4, 0.5) is 0 Å². The summed E-state index contributed by atoms with van der Waals surface area (Å²) >= 11 is 0. The van der Waals surface area contributed by atoms with E-state index in [-0.39, 0.29) is 35.6 Å². The van der Waals surface area contributed by atoms with E-state index >= 15 is 0 Å². The molecule has 2 saturated carbocycles. The van der Waals surface area contributed by atoms with Crippen LogP contribution < -0.4 is 15.8 Å². The summed E-state index contributed by atoms with van der Waals surface area (Å²) < 4.78 is 5.24. The number of nitrogens with one attached hydrogen (secondary N) is 1. The fourth-order valence-electron chi connectivity index (χ4n) is 5.95. The van der Waals surface area contributed by atoms with Crippen LogP contribution in [0.1, 0.15) is 69.2 Å². The number of carbonyl (C=O) groups excluding carboxylic acids is 3. The second kappa shape index (κ2) is 12.3. The highest BCUT2D eigenvalue weighted by molar-refractivity contribution is 5.95. The quantitative estimate of drug-likeness (QED) is 0.501. The molecule has 1 aromatic rings. The maximum Gasteiger partial charge on any atom is 0.254 e. The van der Waals surface area contributed by atoms with Crippen LogP contribution in [0.2, 0.25) is 0 Å². The van der Waals surface area contributed by atoms with Crippen LogP contribution in [0, 0.1) is 23.7 Å². The molecule has 1 saturated heterocycles. The molecule has 0 spiro atoms. The topological polar surface area (TPSA) is 105 Å². The molecule has 1 aromatic carbocycles. The molecule has 204 valence electrons. The lowest BCUT2D eigenvalue weighted by Gasteiger charge is -2.31. The van der Waals surface area contributed by atoms with Crippen LogP contribution in [-0.4, -0.2) is 72.9 Å². The molecule has 3 aliphatic rings. The Bertz CT molecular complexity index is 946. The van der Waals surface area contributed by atoms with E-state index in [4.69, 9.17) is 10.5 Å². The highest BCUT2D eigenvalue weighted by Crippen LogP contribution is 2.35. The smallest absolute Gasteiger partial charge is 0.254 e. The van der Waals surface area contributed by atoms with E-state index in [1.807, 2.05) is 4.90 Å². The summed E-state index contributed by atoms with van der Waals surface area (Å²) in [6.45, 7) is 6.46. The molecule has 4 unspecified atom stereocenters. The van der Waals surface area contributed by atoms with Gasteiger partial charge >= 0.3 is 0 Å². The Morgan fingerprint density at radius 2 is 1.78 bits per heavy atom. The average Bonchev–Trinajstić information content (AvgIpc) is 3.67. The van der Waals surface area contributed by atoms with Gasteiger partial charge in [0.25, 0.3) is 5.91 Å². The second-order valence-corrected chi connectivity index (χ2v) is 11.6. The number of hydrogen-bond acceptors (Lipinski definition) is 5. The normalized spacial score (nSPS) is 25.7. The molecular weight excluding hydrogens is 468 g/mol. The monoisotopic (exact) mass is 512 g/mol. The Hall–Kier alpha value is -2.61. The molecule has 37 heavy (non-hydrogen) atoms. The Balaban J connectivity index is 1.48. The number of likely N-dealkylation sites (tertiary alicyclic amines) is 1. The van der Waals surface area contributed by atoms with Gasteiger partial charge in [-0.1, -0.05) is 20.3 Å². The average molecular weight is 513 g/mol. The van der Waals surface area contributed by atoms with Crippen molar-refractivity contribution < 1.29 is 19.1 Å². The number of nitrogens with two attached hydrogens (primary N) is 1. The van der Waals surface area contributed by atoms with Gasteiger partial charge in [-0.3, -0.25) is 14.4 Å². The lowest BCUT2D eigenvalue weighted by molar-refractivity contribution is -0.139. The molecule has 8 heteroatoms. The summed E-state index contributed by atoms with van der Waals surface area (Å²) in [7, 11) is 1.60. The van der Waals surface area contributed by atoms with E-state index in [0.29, 0.717) is 55.7 Å². The number of nitrogens with zero attached hydrogens (tertiary/aromatic N) is 2. The second-order valence-electron chi connectivity index (χ2n) is 11.6. The van der Waals surface area contributed by atoms with Crippen LogP contribution in [0.25, 0.3) is 0 Å². The van der Waals surface area contributed by atoms with Crippen LogP contribution in [-0.2, 0) is 9.59 Å². The minimum absolute atomic E-state index is 0.0218. The predicted molar refractivity (Wildman–Crippen MR) is 143 cm³/mol. The van der Waals surface area contributed by atoms with Crippen molar-refractivity contribution in [2.75, 3.05) is 33.3 Å². The summed E-state index contributed by atoms with van der Waals surface area (Å²) in [5.74, 6) is 1.84. The van der Waals surface area contributed by atoms with Gasteiger partial charge in [-0.05, 0) is 87.1 Å². The fourth-order valence-corrected chi connectivity index (χ4v) is 5.95. The fraction of sp³-hybridized carbons (Fsp3) is 0.690. The van der Waals surface area contributed by atoms with Crippen LogP contribution in [0.5, 0.6) is 5.75 Å². The number of hydrogen-bond donors (Lipinski definition) is 2. The first kappa shape index (κ1) is 27.4. The van der Waals surface area contributed by atoms with Crippen molar-refractivity contribution in [2.45, 2.75) is 70.9 Å². The standard InChI is InChI=1S/C29H44N4O4/c1-19(2)17-32(28(35)23-9-11-25(37-3)12-10-23)24-14-26(33(18-24)29(36)22-7-8-22)27(34)31-16-21-6-4-5-20(13-21)15-30/h9-12,19-22,24,26H,4-8,13-18,30H2,1-3H3,(H,31,34). The zero-order chi connectivity index (χ0) is 26.5. The third-order valence-corrected chi connectivity index (χ3v) is 8.18. The molecule has 1 heterocycles. The number of rotatable bonds is 10. The van der Waals surface area contributed by atoms with E-state index in [1.54, 1.807) is 36.3 Å². The third kappa shape index (κ3) is 6.83. The van der Waals surface area contributed by atoms with Gasteiger partial charge in [-0.15, -0.1) is 0 Å². The first-order chi connectivity index (χ1) is 17.8. The predicted octanol–water partition coefficient (Wildman–Crippen LogP) is 3.05. The summed E-state index contributed by atoms with van der Waals surface area (Å²) in [4.78, 5) is 43.9. The van der Waals surface area contributed by atoms with Crippen molar-refractivity contribution in [1.82, 2.24) is 15.1 Å². The SMILES string of the molecule is COc1ccc(C(=O)N(CC(C)C)C2CC(C(=O)NCC3CCCC(CN)C3)N(C(=O)C3CC3)C2)cc1.